The average molecular weight is 181 g/mol. The van der Waals surface area contributed by atoms with Crippen molar-refractivity contribution in [3.05, 3.63) is 21.9 Å². The Labute approximate surface area is 77.6 Å². The van der Waals surface area contributed by atoms with Crippen molar-refractivity contribution in [2.24, 2.45) is 11.7 Å². The fourth-order valence-corrected chi connectivity index (χ4v) is 2.88. The second-order valence-corrected chi connectivity index (χ2v) is 4.91. The molecule has 1 aromatic rings. The van der Waals surface area contributed by atoms with Gasteiger partial charge >= 0.3 is 0 Å². The van der Waals surface area contributed by atoms with Crippen molar-refractivity contribution in [1.29, 1.82) is 0 Å². The number of hydrogen-bond donors (Lipinski definition) is 1. The molecule has 0 saturated heterocycles. The molecule has 1 fully saturated rings. The van der Waals surface area contributed by atoms with Crippen molar-refractivity contribution in [2.45, 2.75) is 32.2 Å². The smallest absolute Gasteiger partial charge is 0.0506 e. The van der Waals surface area contributed by atoms with Crippen LogP contribution in [0.5, 0.6) is 0 Å². The summed E-state index contributed by atoms with van der Waals surface area (Å²) < 4.78 is 0. The predicted molar refractivity (Wildman–Crippen MR) is 53.3 cm³/mol. The van der Waals surface area contributed by atoms with Crippen molar-refractivity contribution < 1.29 is 0 Å². The maximum atomic E-state index is 6.30. The van der Waals surface area contributed by atoms with E-state index < -0.39 is 0 Å². The van der Waals surface area contributed by atoms with Gasteiger partial charge in [-0.05, 0) is 49.6 Å². The summed E-state index contributed by atoms with van der Waals surface area (Å²) in [5.74, 6) is 0.731. The molecule has 1 aromatic heterocycles. The van der Waals surface area contributed by atoms with Gasteiger partial charge in [0.15, 0.2) is 0 Å². The van der Waals surface area contributed by atoms with Gasteiger partial charge in [0.25, 0.3) is 0 Å². The normalized spacial score (nSPS) is 22.2. The zero-order valence-electron chi connectivity index (χ0n) is 7.63. The van der Waals surface area contributed by atoms with Gasteiger partial charge in [-0.3, -0.25) is 0 Å². The van der Waals surface area contributed by atoms with Crippen LogP contribution in [0.25, 0.3) is 0 Å². The van der Waals surface area contributed by atoms with Crippen LogP contribution in [0.15, 0.2) is 11.4 Å². The lowest BCUT2D eigenvalue weighted by molar-refractivity contribution is 0.434. The Morgan fingerprint density at radius 2 is 2.25 bits per heavy atom. The first-order chi connectivity index (χ1) is 5.62. The SMILES string of the molecule is Cc1ccsc1C(C)(N)C1CC1. The summed E-state index contributed by atoms with van der Waals surface area (Å²) in [6.45, 7) is 4.32. The molecule has 0 amide bonds. The Kier molecular flexibility index (Phi) is 1.77. The number of hydrogen-bond acceptors (Lipinski definition) is 2. The molecule has 0 aromatic carbocycles. The lowest BCUT2D eigenvalue weighted by Crippen LogP contribution is -2.35. The first-order valence-electron chi connectivity index (χ1n) is 4.46. The standard InChI is InChI=1S/C10H15NS/c1-7-5-6-12-9(7)10(2,11)8-3-4-8/h5-6,8H,3-4,11H2,1-2H3. The fraction of sp³-hybridized carbons (Fsp3) is 0.600. The quantitative estimate of drug-likeness (QED) is 0.745. The molecule has 0 aliphatic heterocycles. The van der Waals surface area contributed by atoms with E-state index in [2.05, 4.69) is 25.3 Å². The zero-order chi connectivity index (χ0) is 8.77. The van der Waals surface area contributed by atoms with E-state index in [1.54, 1.807) is 11.3 Å². The number of rotatable bonds is 2. The minimum Gasteiger partial charge on any atom is -0.321 e. The third kappa shape index (κ3) is 1.19. The molecule has 1 heterocycles. The van der Waals surface area contributed by atoms with Crippen molar-refractivity contribution in [3.63, 3.8) is 0 Å². The highest BCUT2D eigenvalue weighted by atomic mass is 32.1. The van der Waals surface area contributed by atoms with E-state index in [0.717, 1.165) is 5.92 Å². The number of thiophene rings is 1. The van der Waals surface area contributed by atoms with E-state index in [0.29, 0.717) is 0 Å². The van der Waals surface area contributed by atoms with E-state index >= 15 is 0 Å². The largest absolute Gasteiger partial charge is 0.321 e. The predicted octanol–water partition coefficient (Wildman–Crippen LogP) is 2.64. The molecular weight excluding hydrogens is 166 g/mol. The number of aryl methyl sites for hydroxylation is 1. The first kappa shape index (κ1) is 8.27. The lowest BCUT2D eigenvalue weighted by Gasteiger charge is -2.24. The monoisotopic (exact) mass is 181 g/mol. The molecule has 0 radical (unpaired) electrons. The minimum absolute atomic E-state index is 0.0573. The summed E-state index contributed by atoms with van der Waals surface area (Å²) in [5.41, 5.74) is 7.60. The van der Waals surface area contributed by atoms with Crippen LogP contribution in [0.4, 0.5) is 0 Å². The van der Waals surface area contributed by atoms with E-state index in [9.17, 15) is 0 Å². The summed E-state index contributed by atoms with van der Waals surface area (Å²) in [4.78, 5) is 1.38. The van der Waals surface area contributed by atoms with Gasteiger partial charge in [0.1, 0.15) is 0 Å². The lowest BCUT2D eigenvalue weighted by atomic mass is 9.93. The minimum atomic E-state index is -0.0573. The maximum absolute atomic E-state index is 6.30. The first-order valence-corrected chi connectivity index (χ1v) is 5.34. The van der Waals surface area contributed by atoms with Gasteiger partial charge in [0.2, 0.25) is 0 Å². The van der Waals surface area contributed by atoms with Gasteiger partial charge in [-0.2, -0.15) is 0 Å². The van der Waals surface area contributed by atoms with Crippen molar-refractivity contribution in [3.8, 4) is 0 Å². The Morgan fingerprint density at radius 1 is 1.58 bits per heavy atom. The van der Waals surface area contributed by atoms with Crippen LogP contribution < -0.4 is 5.73 Å². The van der Waals surface area contributed by atoms with Gasteiger partial charge in [0, 0.05) is 4.88 Å². The van der Waals surface area contributed by atoms with Gasteiger partial charge in [-0.25, -0.2) is 0 Å². The van der Waals surface area contributed by atoms with E-state index in [1.807, 2.05) is 0 Å². The van der Waals surface area contributed by atoms with Crippen LogP contribution in [0, 0.1) is 12.8 Å². The third-order valence-electron chi connectivity index (χ3n) is 2.78. The summed E-state index contributed by atoms with van der Waals surface area (Å²) in [6, 6.07) is 2.16. The topological polar surface area (TPSA) is 26.0 Å². The second-order valence-electron chi connectivity index (χ2n) is 3.99. The Morgan fingerprint density at radius 3 is 2.67 bits per heavy atom. The molecule has 1 aliphatic rings. The van der Waals surface area contributed by atoms with Gasteiger partial charge in [-0.15, -0.1) is 11.3 Å². The summed E-state index contributed by atoms with van der Waals surface area (Å²) in [7, 11) is 0. The molecule has 12 heavy (non-hydrogen) atoms. The molecule has 1 atom stereocenters. The van der Waals surface area contributed by atoms with E-state index in [4.69, 9.17) is 5.73 Å². The van der Waals surface area contributed by atoms with Crippen LogP contribution in [0.1, 0.15) is 30.2 Å². The van der Waals surface area contributed by atoms with Crippen LogP contribution in [0.3, 0.4) is 0 Å². The molecule has 2 rings (SSSR count). The van der Waals surface area contributed by atoms with Crippen molar-refractivity contribution >= 4 is 11.3 Å². The summed E-state index contributed by atoms with van der Waals surface area (Å²) >= 11 is 1.80. The average Bonchev–Trinajstić information content (AvgIpc) is 2.75. The van der Waals surface area contributed by atoms with Gasteiger partial charge < -0.3 is 5.73 Å². The molecule has 2 heteroatoms. The molecule has 1 saturated carbocycles. The Hall–Kier alpha value is -0.340. The van der Waals surface area contributed by atoms with E-state index in [1.165, 1.54) is 23.3 Å². The maximum Gasteiger partial charge on any atom is 0.0506 e. The molecular formula is C10H15NS. The molecule has 1 unspecified atom stereocenters. The zero-order valence-corrected chi connectivity index (χ0v) is 8.45. The van der Waals surface area contributed by atoms with Gasteiger partial charge in [0.05, 0.1) is 5.54 Å². The molecule has 66 valence electrons. The van der Waals surface area contributed by atoms with Crippen LogP contribution in [-0.4, -0.2) is 0 Å². The Balaban J connectivity index is 2.33. The molecule has 0 bridgehead atoms. The summed E-state index contributed by atoms with van der Waals surface area (Å²) in [6.07, 6.45) is 2.62. The van der Waals surface area contributed by atoms with Crippen LogP contribution in [-0.2, 0) is 5.54 Å². The molecule has 1 nitrogen and oxygen atoms in total. The van der Waals surface area contributed by atoms with Gasteiger partial charge in [-0.1, -0.05) is 0 Å². The molecule has 2 N–H and O–H groups in total. The second kappa shape index (κ2) is 2.57. The summed E-state index contributed by atoms with van der Waals surface area (Å²) in [5, 5.41) is 2.14. The molecule has 0 spiro atoms. The fourth-order valence-electron chi connectivity index (χ4n) is 1.79. The highest BCUT2D eigenvalue weighted by Crippen LogP contribution is 2.45. The Bertz CT molecular complexity index is 284. The van der Waals surface area contributed by atoms with Crippen molar-refractivity contribution in [1.82, 2.24) is 0 Å². The highest BCUT2D eigenvalue weighted by molar-refractivity contribution is 7.10. The molecule has 1 aliphatic carbocycles. The van der Waals surface area contributed by atoms with Crippen LogP contribution in [0.2, 0.25) is 0 Å². The van der Waals surface area contributed by atoms with E-state index in [-0.39, 0.29) is 5.54 Å². The highest BCUT2D eigenvalue weighted by Gasteiger charge is 2.40. The number of nitrogens with two attached hydrogens (primary N) is 1. The third-order valence-corrected chi connectivity index (χ3v) is 4.05. The van der Waals surface area contributed by atoms with Crippen LogP contribution >= 0.6 is 11.3 Å². The van der Waals surface area contributed by atoms with Crippen molar-refractivity contribution in [2.75, 3.05) is 0 Å².